The monoisotopic (exact) mass is 262 g/mol. The summed E-state index contributed by atoms with van der Waals surface area (Å²) in [5, 5.41) is 3.15. The highest BCUT2D eigenvalue weighted by molar-refractivity contribution is 5.49. The Morgan fingerprint density at radius 1 is 1.32 bits per heavy atom. The van der Waals surface area contributed by atoms with Gasteiger partial charge in [0.15, 0.2) is 0 Å². The molecule has 4 nitrogen and oxygen atoms in total. The molecule has 106 valence electrons. The fourth-order valence-electron chi connectivity index (χ4n) is 2.60. The summed E-state index contributed by atoms with van der Waals surface area (Å²) in [6.45, 7) is 6.76. The van der Waals surface area contributed by atoms with Crippen molar-refractivity contribution in [3.8, 4) is 0 Å². The van der Waals surface area contributed by atoms with Gasteiger partial charge in [0.25, 0.3) is 0 Å². The first-order valence-corrected chi connectivity index (χ1v) is 7.53. The summed E-state index contributed by atoms with van der Waals surface area (Å²) < 4.78 is 0. The molecule has 1 fully saturated rings. The smallest absolute Gasteiger partial charge is 0.134 e. The van der Waals surface area contributed by atoms with E-state index in [-0.39, 0.29) is 0 Å². The summed E-state index contributed by atoms with van der Waals surface area (Å²) in [7, 11) is 1.92. The lowest BCUT2D eigenvalue weighted by Crippen LogP contribution is -2.26. The Balaban J connectivity index is 2.19. The zero-order valence-corrected chi connectivity index (χ0v) is 12.4. The molecule has 0 radical (unpaired) electrons. The molecular formula is C15H26N4. The number of aromatic nitrogens is 2. The van der Waals surface area contributed by atoms with E-state index in [0.29, 0.717) is 0 Å². The van der Waals surface area contributed by atoms with Gasteiger partial charge >= 0.3 is 0 Å². The summed E-state index contributed by atoms with van der Waals surface area (Å²) in [6, 6.07) is 2.08. The summed E-state index contributed by atoms with van der Waals surface area (Å²) in [5.74, 6) is 3.83. The van der Waals surface area contributed by atoms with Gasteiger partial charge in [0.1, 0.15) is 17.5 Å². The number of anilines is 2. The number of aryl methyl sites for hydroxylation is 1. The highest BCUT2D eigenvalue weighted by Gasteiger charge is 2.16. The average molecular weight is 262 g/mol. The third-order valence-electron chi connectivity index (χ3n) is 3.83. The average Bonchev–Trinajstić information content (AvgIpc) is 2.63. The van der Waals surface area contributed by atoms with Gasteiger partial charge in [-0.1, -0.05) is 13.8 Å². The first-order chi connectivity index (χ1) is 9.22. The van der Waals surface area contributed by atoms with E-state index in [2.05, 4.69) is 35.1 Å². The van der Waals surface area contributed by atoms with Crippen molar-refractivity contribution in [2.75, 3.05) is 30.4 Å². The third-order valence-corrected chi connectivity index (χ3v) is 3.83. The standard InChI is InChI=1S/C15H26N4/c1-4-6-13-17-14(16-3)11-15(18-13)19-9-5-7-12(2)8-10-19/h11-12H,4-10H2,1-3H3,(H,16,17,18). The summed E-state index contributed by atoms with van der Waals surface area (Å²) >= 11 is 0. The molecule has 0 aromatic carbocycles. The van der Waals surface area contributed by atoms with Gasteiger partial charge < -0.3 is 10.2 Å². The molecule has 1 unspecified atom stereocenters. The van der Waals surface area contributed by atoms with E-state index in [1.807, 2.05) is 7.05 Å². The minimum absolute atomic E-state index is 0.839. The predicted molar refractivity (Wildman–Crippen MR) is 80.8 cm³/mol. The second-order valence-electron chi connectivity index (χ2n) is 5.55. The Morgan fingerprint density at radius 2 is 2.16 bits per heavy atom. The van der Waals surface area contributed by atoms with Crippen LogP contribution < -0.4 is 10.2 Å². The molecule has 1 aliphatic rings. The van der Waals surface area contributed by atoms with Crippen LogP contribution >= 0.6 is 0 Å². The van der Waals surface area contributed by atoms with Crippen LogP contribution in [0.3, 0.4) is 0 Å². The second-order valence-corrected chi connectivity index (χ2v) is 5.55. The van der Waals surface area contributed by atoms with E-state index in [0.717, 1.165) is 49.3 Å². The lowest BCUT2D eigenvalue weighted by Gasteiger charge is -2.22. The largest absolute Gasteiger partial charge is 0.373 e. The van der Waals surface area contributed by atoms with Crippen molar-refractivity contribution in [2.24, 2.45) is 5.92 Å². The molecule has 0 saturated carbocycles. The maximum absolute atomic E-state index is 4.74. The van der Waals surface area contributed by atoms with Gasteiger partial charge in [0.05, 0.1) is 0 Å². The fourth-order valence-corrected chi connectivity index (χ4v) is 2.60. The Bertz CT molecular complexity index is 405. The highest BCUT2D eigenvalue weighted by Crippen LogP contribution is 2.22. The van der Waals surface area contributed by atoms with Crippen LogP contribution in [0.2, 0.25) is 0 Å². The molecule has 1 aromatic heterocycles. The van der Waals surface area contributed by atoms with Crippen molar-refractivity contribution in [3.05, 3.63) is 11.9 Å². The number of rotatable bonds is 4. The van der Waals surface area contributed by atoms with Crippen LogP contribution in [0.15, 0.2) is 6.07 Å². The predicted octanol–water partition coefficient (Wildman–Crippen LogP) is 3.10. The van der Waals surface area contributed by atoms with Gasteiger partial charge in [-0.2, -0.15) is 0 Å². The molecular weight excluding hydrogens is 236 g/mol. The maximum atomic E-state index is 4.74. The molecule has 2 heterocycles. The number of hydrogen-bond acceptors (Lipinski definition) is 4. The van der Waals surface area contributed by atoms with E-state index in [1.54, 1.807) is 0 Å². The zero-order valence-electron chi connectivity index (χ0n) is 12.4. The molecule has 1 atom stereocenters. The van der Waals surface area contributed by atoms with Gasteiger partial charge in [0, 0.05) is 32.6 Å². The van der Waals surface area contributed by atoms with Crippen LogP contribution in [-0.4, -0.2) is 30.1 Å². The van der Waals surface area contributed by atoms with Crippen molar-refractivity contribution in [2.45, 2.75) is 46.0 Å². The third kappa shape index (κ3) is 3.82. The van der Waals surface area contributed by atoms with E-state index in [1.165, 1.54) is 19.3 Å². The molecule has 4 heteroatoms. The molecule has 0 aliphatic carbocycles. The van der Waals surface area contributed by atoms with E-state index < -0.39 is 0 Å². The highest BCUT2D eigenvalue weighted by atomic mass is 15.2. The molecule has 1 N–H and O–H groups in total. The Hall–Kier alpha value is -1.32. The van der Waals surface area contributed by atoms with Crippen molar-refractivity contribution < 1.29 is 0 Å². The number of nitrogens with zero attached hydrogens (tertiary/aromatic N) is 3. The van der Waals surface area contributed by atoms with Crippen LogP contribution in [0.4, 0.5) is 11.6 Å². The molecule has 0 spiro atoms. The molecule has 2 rings (SSSR count). The quantitative estimate of drug-likeness (QED) is 0.905. The van der Waals surface area contributed by atoms with Crippen LogP contribution in [0.5, 0.6) is 0 Å². The normalized spacial score (nSPS) is 20.2. The summed E-state index contributed by atoms with van der Waals surface area (Å²) in [4.78, 5) is 11.7. The first-order valence-electron chi connectivity index (χ1n) is 7.53. The summed E-state index contributed by atoms with van der Waals surface area (Å²) in [5.41, 5.74) is 0. The molecule has 1 aliphatic heterocycles. The topological polar surface area (TPSA) is 41.1 Å². The lowest BCUT2D eigenvalue weighted by molar-refractivity contribution is 0.521. The molecule has 1 saturated heterocycles. The first kappa shape index (κ1) is 14.1. The summed E-state index contributed by atoms with van der Waals surface area (Å²) in [6.07, 6.45) is 5.91. The Kier molecular flexibility index (Phi) is 5.00. The van der Waals surface area contributed by atoms with E-state index >= 15 is 0 Å². The zero-order chi connectivity index (χ0) is 13.7. The van der Waals surface area contributed by atoms with Gasteiger partial charge in [-0.05, 0) is 31.6 Å². The Labute approximate surface area is 116 Å². The molecule has 1 aromatic rings. The molecule has 0 bridgehead atoms. The maximum Gasteiger partial charge on any atom is 0.134 e. The Morgan fingerprint density at radius 3 is 2.89 bits per heavy atom. The van der Waals surface area contributed by atoms with Gasteiger partial charge in [-0.25, -0.2) is 9.97 Å². The van der Waals surface area contributed by atoms with Crippen LogP contribution in [0, 0.1) is 5.92 Å². The second kappa shape index (κ2) is 6.73. The van der Waals surface area contributed by atoms with Gasteiger partial charge in [0.2, 0.25) is 0 Å². The van der Waals surface area contributed by atoms with E-state index in [9.17, 15) is 0 Å². The molecule has 0 amide bonds. The van der Waals surface area contributed by atoms with Gasteiger partial charge in [-0.15, -0.1) is 0 Å². The fraction of sp³-hybridized carbons (Fsp3) is 0.733. The van der Waals surface area contributed by atoms with Crippen molar-refractivity contribution in [1.29, 1.82) is 0 Å². The van der Waals surface area contributed by atoms with Gasteiger partial charge in [-0.3, -0.25) is 0 Å². The lowest BCUT2D eigenvalue weighted by atomic mass is 10.0. The minimum Gasteiger partial charge on any atom is -0.373 e. The van der Waals surface area contributed by atoms with Crippen LogP contribution in [0.1, 0.15) is 45.4 Å². The number of nitrogens with one attached hydrogen (secondary N) is 1. The SMILES string of the molecule is CCCc1nc(NC)cc(N2CCCC(C)CC2)n1. The van der Waals surface area contributed by atoms with Crippen molar-refractivity contribution in [3.63, 3.8) is 0 Å². The van der Waals surface area contributed by atoms with Crippen molar-refractivity contribution in [1.82, 2.24) is 9.97 Å². The number of hydrogen-bond donors (Lipinski definition) is 1. The van der Waals surface area contributed by atoms with E-state index in [4.69, 9.17) is 4.98 Å². The van der Waals surface area contributed by atoms with Crippen LogP contribution in [-0.2, 0) is 6.42 Å². The van der Waals surface area contributed by atoms with Crippen molar-refractivity contribution >= 4 is 11.6 Å². The molecule has 19 heavy (non-hydrogen) atoms. The van der Waals surface area contributed by atoms with Crippen LogP contribution in [0.25, 0.3) is 0 Å². The minimum atomic E-state index is 0.839.